The Kier molecular flexibility index (Phi) is 15.5. The van der Waals surface area contributed by atoms with Crippen molar-refractivity contribution in [3.8, 4) is 5.75 Å². The van der Waals surface area contributed by atoms with Crippen LogP contribution in [0.5, 0.6) is 5.75 Å². The van der Waals surface area contributed by atoms with E-state index in [2.05, 4.69) is 55.3 Å². The van der Waals surface area contributed by atoms with Crippen LogP contribution in [0.25, 0.3) is 0 Å². The molecule has 1 N–H and O–H groups in total. The quantitative estimate of drug-likeness (QED) is 0.258. The number of hydrogen-bond acceptors (Lipinski definition) is 6. The Morgan fingerprint density at radius 2 is 1.66 bits per heavy atom. The number of aryl methyl sites for hydroxylation is 1. The summed E-state index contributed by atoms with van der Waals surface area (Å²) in [5.74, 6) is 0.395. The van der Waals surface area contributed by atoms with Gasteiger partial charge >= 0.3 is 5.97 Å². The molecule has 0 aromatic heterocycles. The molecule has 2 unspecified atom stereocenters. The van der Waals surface area contributed by atoms with Crippen LogP contribution < -0.4 is 10.1 Å². The maximum Gasteiger partial charge on any atom is 0.336 e. The van der Waals surface area contributed by atoms with Crippen molar-refractivity contribution in [1.29, 1.82) is 0 Å². The van der Waals surface area contributed by atoms with E-state index in [0.29, 0.717) is 5.57 Å². The first kappa shape index (κ1) is 35.4. The van der Waals surface area contributed by atoms with Crippen LogP contribution in [0.1, 0.15) is 76.6 Å². The first-order chi connectivity index (χ1) is 19.6. The third-order valence-corrected chi connectivity index (χ3v) is 7.03. The lowest BCUT2D eigenvalue weighted by Gasteiger charge is -2.32. The number of esters is 1. The highest BCUT2D eigenvalue weighted by Gasteiger charge is 2.33. The maximum absolute atomic E-state index is 13.5. The summed E-state index contributed by atoms with van der Waals surface area (Å²) in [6.45, 7) is 15.2. The molecule has 0 saturated carbocycles. The van der Waals surface area contributed by atoms with Crippen LogP contribution in [0.15, 0.2) is 71.1 Å². The Bertz CT molecular complexity index is 1190. The molecule has 2 aromatic rings. The molecular weight excluding hydrogens is 514 g/mol. The second-order valence-electron chi connectivity index (χ2n) is 10.0. The van der Waals surface area contributed by atoms with Gasteiger partial charge < -0.3 is 19.7 Å². The molecule has 0 saturated heterocycles. The third kappa shape index (κ3) is 10.1. The first-order valence-electron chi connectivity index (χ1n) is 14.4. The summed E-state index contributed by atoms with van der Waals surface area (Å²) in [4.78, 5) is 26.8. The molecule has 41 heavy (non-hydrogen) atoms. The van der Waals surface area contributed by atoms with Gasteiger partial charge in [0.25, 0.3) is 0 Å². The number of ether oxygens (including phenoxy) is 2. The van der Waals surface area contributed by atoms with Crippen LogP contribution in [-0.2, 0) is 14.3 Å². The van der Waals surface area contributed by atoms with E-state index in [0.717, 1.165) is 47.6 Å². The zero-order chi connectivity index (χ0) is 31.1. The fourth-order valence-corrected chi connectivity index (χ4v) is 4.69. The number of carbonyl (C=O) groups is 2. The van der Waals surface area contributed by atoms with Crippen LogP contribution in [0, 0.1) is 6.92 Å². The van der Waals surface area contributed by atoms with Gasteiger partial charge in [-0.15, -0.1) is 0 Å². The highest BCUT2D eigenvalue weighted by atomic mass is 16.5. The minimum atomic E-state index is -0.278. The van der Waals surface area contributed by atoms with E-state index in [1.807, 2.05) is 66.1 Å². The van der Waals surface area contributed by atoms with E-state index in [1.165, 1.54) is 11.1 Å². The Hall–Kier alpha value is -3.58. The molecule has 0 aliphatic carbocycles. The summed E-state index contributed by atoms with van der Waals surface area (Å²) in [6, 6.07) is 16.2. The topological polar surface area (TPSA) is 71.1 Å². The summed E-state index contributed by atoms with van der Waals surface area (Å²) in [5.41, 5.74) is 7.21. The highest BCUT2D eigenvalue weighted by molar-refractivity contribution is 5.92. The molecule has 226 valence electrons. The standard InChI is InChI=1S/C28H36N2O3.C4H9NO.C2H6/c1-8-24-19(3)29-20(4)26(27(24)22-13-9-11-18(2)15-22)28(31)33-17-25(30(5)6)21-12-10-14-23(16-21)32-7;1-3-5(2)4-6;1-2/h9-16,25,27,29H,8,17H2,1-7H3;4H,3H2,1-2H3;1-2H3. The average molecular weight is 566 g/mol. The number of likely N-dealkylation sites (N-methyl/N-ethyl adjacent to an activating group) is 1. The van der Waals surface area contributed by atoms with Gasteiger partial charge in [0, 0.05) is 30.9 Å². The molecule has 3 rings (SSSR count). The second kappa shape index (κ2) is 18.0. The second-order valence-corrected chi connectivity index (χ2v) is 10.0. The highest BCUT2D eigenvalue weighted by Crippen LogP contribution is 2.40. The van der Waals surface area contributed by atoms with Gasteiger partial charge in [-0.25, -0.2) is 4.79 Å². The Labute approximate surface area is 248 Å². The first-order valence-corrected chi connectivity index (χ1v) is 14.4. The SMILES string of the molecule is CC.CCC1=C(C)NC(C)=C(C(=O)OCC(c2cccc(OC)c2)N(C)C)C1c1cccc(C)c1.CCN(C)C=O. The van der Waals surface area contributed by atoms with E-state index in [-0.39, 0.29) is 24.5 Å². The lowest BCUT2D eigenvalue weighted by atomic mass is 9.79. The average Bonchev–Trinajstić information content (AvgIpc) is 2.97. The Morgan fingerprint density at radius 3 is 2.17 bits per heavy atom. The van der Waals surface area contributed by atoms with Gasteiger partial charge in [-0.1, -0.05) is 62.7 Å². The number of nitrogens with zero attached hydrogens (tertiary/aromatic N) is 2. The van der Waals surface area contributed by atoms with Crippen LogP contribution in [0.4, 0.5) is 0 Å². The predicted octanol–water partition coefficient (Wildman–Crippen LogP) is 6.62. The molecule has 2 atom stereocenters. The van der Waals surface area contributed by atoms with Crippen LogP contribution in [0.3, 0.4) is 0 Å². The van der Waals surface area contributed by atoms with Crippen molar-refractivity contribution in [2.75, 3.05) is 41.4 Å². The zero-order valence-electron chi connectivity index (χ0n) is 27.0. The van der Waals surface area contributed by atoms with Crippen molar-refractivity contribution in [3.05, 3.63) is 87.8 Å². The minimum absolute atomic E-state index is 0.0816. The molecule has 1 aliphatic heterocycles. The van der Waals surface area contributed by atoms with E-state index in [1.54, 1.807) is 19.1 Å². The summed E-state index contributed by atoms with van der Waals surface area (Å²) in [6.07, 6.45) is 1.66. The van der Waals surface area contributed by atoms with Gasteiger partial charge in [-0.3, -0.25) is 9.69 Å². The van der Waals surface area contributed by atoms with Crippen molar-refractivity contribution in [2.45, 2.75) is 66.8 Å². The number of dihydropyridines is 1. The van der Waals surface area contributed by atoms with Gasteiger partial charge in [0.15, 0.2) is 0 Å². The van der Waals surface area contributed by atoms with Crippen molar-refractivity contribution >= 4 is 12.4 Å². The smallest absolute Gasteiger partial charge is 0.336 e. The number of benzene rings is 2. The Morgan fingerprint density at radius 1 is 1.00 bits per heavy atom. The van der Waals surface area contributed by atoms with E-state index < -0.39 is 0 Å². The Balaban J connectivity index is 0.000000931. The minimum Gasteiger partial charge on any atom is -0.497 e. The number of methoxy groups -OCH3 is 1. The van der Waals surface area contributed by atoms with E-state index >= 15 is 0 Å². The molecule has 7 heteroatoms. The van der Waals surface area contributed by atoms with Crippen molar-refractivity contribution in [1.82, 2.24) is 15.1 Å². The summed E-state index contributed by atoms with van der Waals surface area (Å²) in [5, 5.41) is 3.41. The van der Waals surface area contributed by atoms with Crippen LogP contribution in [0.2, 0.25) is 0 Å². The number of amides is 1. The van der Waals surface area contributed by atoms with Gasteiger partial charge in [0.1, 0.15) is 12.4 Å². The number of allylic oxidation sites excluding steroid dienone is 3. The lowest BCUT2D eigenvalue weighted by molar-refractivity contribution is -0.141. The monoisotopic (exact) mass is 565 g/mol. The molecule has 0 radical (unpaired) electrons. The normalized spacial score (nSPS) is 15.1. The number of nitrogens with one attached hydrogen (secondary N) is 1. The fraction of sp³-hybridized carbons (Fsp3) is 0.471. The molecular formula is C34H51N3O4. The van der Waals surface area contributed by atoms with Gasteiger partial charge in [0.2, 0.25) is 6.41 Å². The molecule has 0 bridgehead atoms. The van der Waals surface area contributed by atoms with Crippen molar-refractivity contribution in [3.63, 3.8) is 0 Å². The zero-order valence-corrected chi connectivity index (χ0v) is 27.0. The molecule has 1 heterocycles. The largest absolute Gasteiger partial charge is 0.497 e. The molecule has 1 amide bonds. The summed E-state index contributed by atoms with van der Waals surface area (Å²) < 4.78 is 11.4. The van der Waals surface area contributed by atoms with E-state index in [4.69, 9.17) is 9.47 Å². The van der Waals surface area contributed by atoms with E-state index in [9.17, 15) is 9.59 Å². The van der Waals surface area contributed by atoms with Crippen molar-refractivity contribution < 1.29 is 19.1 Å². The van der Waals surface area contributed by atoms with Gasteiger partial charge in [-0.2, -0.15) is 0 Å². The van der Waals surface area contributed by atoms with Crippen LogP contribution >= 0.6 is 0 Å². The lowest BCUT2D eigenvalue weighted by Crippen LogP contribution is -2.31. The molecule has 0 fully saturated rings. The van der Waals surface area contributed by atoms with Gasteiger partial charge in [-0.05, 0) is 77.0 Å². The molecule has 7 nitrogen and oxygen atoms in total. The van der Waals surface area contributed by atoms with Crippen molar-refractivity contribution in [2.24, 2.45) is 0 Å². The number of rotatable bonds is 10. The fourth-order valence-electron chi connectivity index (χ4n) is 4.69. The van der Waals surface area contributed by atoms with Gasteiger partial charge in [0.05, 0.1) is 18.7 Å². The summed E-state index contributed by atoms with van der Waals surface area (Å²) >= 11 is 0. The third-order valence-electron chi connectivity index (χ3n) is 7.03. The molecule has 1 aliphatic rings. The number of hydrogen-bond donors (Lipinski definition) is 1. The number of carbonyl (C=O) groups excluding carboxylic acids is 2. The summed E-state index contributed by atoms with van der Waals surface area (Å²) in [7, 11) is 7.37. The maximum atomic E-state index is 13.5. The molecule has 2 aromatic carbocycles. The predicted molar refractivity (Wildman–Crippen MR) is 169 cm³/mol. The van der Waals surface area contributed by atoms with Crippen LogP contribution in [-0.4, -0.2) is 63.6 Å². The molecule has 0 spiro atoms.